The van der Waals surface area contributed by atoms with Crippen LogP contribution in [0.15, 0.2) is 16.6 Å². The van der Waals surface area contributed by atoms with E-state index in [1.807, 2.05) is 0 Å². The van der Waals surface area contributed by atoms with Crippen molar-refractivity contribution in [3.05, 3.63) is 11.6 Å². The standard InChI is InChI=1S/C4H3N3O2/c5-3(8)2-4(9)7-1-6-2/h(H3-,5,6,7,8,9)/p+1. The Morgan fingerprint density at radius 3 is 2.78 bits per heavy atom. The maximum Gasteiger partial charge on any atom is 0.382 e. The first-order valence-electron chi connectivity index (χ1n) is 2.16. The third kappa shape index (κ3) is 0.802. The van der Waals surface area contributed by atoms with E-state index in [1.165, 1.54) is 0 Å². The Hall–Kier alpha value is -1.61. The van der Waals surface area contributed by atoms with Crippen molar-refractivity contribution in [2.45, 2.75) is 0 Å². The minimum Gasteiger partial charge on any atom is -0.424 e. The predicted molar refractivity (Wildman–Crippen MR) is 29.4 cm³/mol. The normalized spacial score (nSPS) is 15.1. The molecule has 0 aromatic rings. The summed E-state index contributed by atoms with van der Waals surface area (Å²) in [7, 11) is 0. The Kier molecular flexibility index (Phi) is 1.06. The minimum absolute atomic E-state index is 0.185. The number of hydrogen-bond donors (Lipinski definition) is 3. The zero-order valence-electron chi connectivity index (χ0n) is 4.38. The molecule has 0 aliphatic carbocycles. The number of nitrogens with zero attached hydrogens (tertiary/aromatic N) is 1. The lowest BCUT2D eigenvalue weighted by atomic mass is 10.4. The molecular weight excluding hydrogens is 122 g/mol. The van der Waals surface area contributed by atoms with Crippen molar-refractivity contribution in [1.29, 1.82) is 0 Å². The van der Waals surface area contributed by atoms with Crippen LogP contribution in [0.5, 0.6) is 0 Å². The summed E-state index contributed by atoms with van der Waals surface area (Å²) < 4.78 is 0. The first kappa shape index (κ1) is 5.53. The molecule has 1 rings (SSSR count). The Bertz CT molecular complexity index is 206. The van der Waals surface area contributed by atoms with Gasteiger partial charge in [-0.25, -0.2) is 4.79 Å². The number of nitrogens with two attached hydrogens (primary N) is 1. The van der Waals surface area contributed by atoms with Gasteiger partial charge in [-0.3, -0.25) is 0 Å². The van der Waals surface area contributed by atoms with Crippen molar-refractivity contribution in [3.8, 4) is 0 Å². The molecule has 0 saturated carbocycles. The fourth-order valence-corrected chi connectivity index (χ4v) is 0.421. The van der Waals surface area contributed by atoms with E-state index in [-0.39, 0.29) is 11.6 Å². The molecule has 0 unspecified atom stereocenters. The highest BCUT2D eigenvalue weighted by Gasteiger charge is 2.27. The highest BCUT2D eigenvalue weighted by Crippen LogP contribution is 2.02. The topological polar surface area (TPSA) is 87.7 Å². The van der Waals surface area contributed by atoms with E-state index >= 15 is 0 Å². The van der Waals surface area contributed by atoms with Crippen LogP contribution < -0.4 is 11.1 Å². The number of aliphatic hydroxyl groups excluding tert-OH is 1. The van der Waals surface area contributed by atoms with Gasteiger partial charge in [0.2, 0.25) is 0 Å². The SMILES string of the molecule is NC(=O)C1=C(O)N[C+]=N1. The number of amides is 1. The molecule has 5 heteroatoms. The van der Waals surface area contributed by atoms with Crippen LogP contribution >= 0.6 is 0 Å². The van der Waals surface area contributed by atoms with Crippen LogP contribution in [0.1, 0.15) is 0 Å². The van der Waals surface area contributed by atoms with E-state index in [1.54, 1.807) is 0 Å². The lowest BCUT2D eigenvalue weighted by molar-refractivity contribution is -0.114. The summed E-state index contributed by atoms with van der Waals surface area (Å²) in [4.78, 5) is 13.6. The second kappa shape index (κ2) is 1.72. The van der Waals surface area contributed by atoms with Crippen LogP contribution in [-0.2, 0) is 4.79 Å². The quantitative estimate of drug-likeness (QED) is 0.382. The van der Waals surface area contributed by atoms with Gasteiger partial charge < -0.3 is 10.8 Å². The van der Waals surface area contributed by atoms with Gasteiger partial charge in [0, 0.05) is 0 Å². The zero-order chi connectivity index (χ0) is 6.85. The monoisotopic (exact) mass is 126 g/mol. The molecule has 0 saturated heterocycles. The highest BCUT2D eigenvalue weighted by molar-refractivity contribution is 5.95. The molecule has 1 aliphatic heterocycles. The minimum atomic E-state index is -0.773. The van der Waals surface area contributed by atoms with Crippen molar-refractivity contribution in [3.63, 3.8) is 0 Å². The molecule has 0 aromatic heterocycles. The largest absolute Gasteiger partial charge is 0.424 e. The molecule has 0 fully saturated rings. The van der Waals surface area contributed by atoms with E-state index in [4.69, 9.17) is 10.8 Å². The Morgan fingerprint density at radius 1 is 1.89 bits per heavy atom. The average molecular weight is 126 g/mol. The molecule has 0 aromatic carbocycles. The van der Waals surface area contributed by atoms with Gasteiger partial charge in [-0.15, -0.1) is 5.32 Å². The van der Waals surface area contributed by atoms with Crippen LogP contribution in [0.2, 0.25) is 0 Å². The number of aliphatic imine (C=N–C) groups is 1. The number of aliphatic hydroxyl groups is 1. The predicted octanol–water partition coefficient (Wildman–Crippen LogP) is -1.29. The van der Waals surface area contributed by atoms with E-state index < -0.39 is 5.91 Å². The zero-order valence-corrected chi connectivity index (χ0v) is 4.38. The van der Waals surface area contributed by atoms with Crippen LogP contribution in [0.25, 0.3) is 0 Å². The molecule has 9 heavy (non-hydrogen) atoms. The summed E-state index contributed by atoms with van der Waals surface area (Å²) in [6.07, 6.45) is 2.15. The smallest absolute Gasteiger partial charge is 0.382 e. The first-order chi connectivity index (χ1) is 4.22. The van der Waals surface area contributed by atoms with Gasteiger partial charge in [0.25, 0.3) is 6.34 Å². The number of hydrogen-bond acceptors (Lipinski definition) is 4. The summed E-state index contributed by atoms with van der Waals surface area (Å²) in [5, 5.41) is 10.8. The molecule has 1 amide bonds. The molecule has 0 atom stereocenters. The first-order valence-corrected chi connectivity index (χ1v) is 2.16. The lowest BCUT2D eigenvalue weighted by Gasteiger charge is -1.78. The van der Waals surface area contributed by atoms with Crippen molar-refractivity contribution in [2.75, 3.05) is 0 Å². The molecule has 0 radical (unpaired) electrons. The van der Waals surface area contributed by atoms with E-state index in [0.29, 0.717) is 0 Å². The van der Waals surface area contributed by atoms with Crippen molar-refractivity contribution >= 4 is 12.2 Å². The van der Waals surface area contributed by atoms with Crippen LogP contribution in [0, 0.1) is 0 Å². The van der Waals surface area contributed by atoms with Crippen LogP contribution in [0.4, 0.5) is 0 Å². The number of carbonyl (C=O) groups is 1. The van der Waals surface area contributed by atoms with E-state index in [0.717, 1.165) is 0 Å². The Morgan fingerprint density at radius 2 is 2.56 bits per heavy atom. The van der Waals surface area contributed by atoms with Gasteiger partial charge >= 0.3 is 17.5 Å². The molecule has 4 N–H and O–H groups in total. The van der Waals surface area contributed by atoms with Crippen molar-refractivity contribution in [2.24, 2.45) is 10.7 Å². The van der Waals surface area contributed by atoms with Crippen molar-refractivity contribution in [1.82, 2.24) is 5.32 Å². The van der Waals surface area contributed by atoms with Crippen LogP contribution in [0.3, 0.4) is 0 Å². The average Bonchev–Trinajstić information content (AvgIpc) is 2.13. The summed E-state index contributed by atoms with van der Waals surface area (Å²) in [6, 6.07) is 0. The number of primary amides is 1. The second-order valence-electron chi connectivity index (χ2n) is 1.41. The number of carbonyl (C=O) groups excluding carboxylic acids is 1. The Labute approximate surface area is 50.9 Å². The fraction of sp³-hybridized carbons (Fsp3) is 0. The van der Waals surface area contributed by atoms with Gasteiger partial charge in [0.1, 0.15) is 0 Å². The second-order valence-corrected chi connectivity index (χ2v) is 1.41. The maximum atomic E-state index is 10.2. The maximum absolute atomic E-state index is 10.2. The van der Waals surface area contributed by atoms with Gasteiger partial charge in [-0.05, 0) is 4.99 Å². The van der Waals surface area contributed by atoms with Gasteiger partial charge in [0.05, 0.1) is 0 Å². The molecule has 1 heterocycles. The summed E-state index contributed by atoms with van der Waals surface area (Å²) in [5.74, 6) is -1.12. The lowest BCUT2D eigenvalue weighted by Crippen LogP contribution is -2.15. The van der Waals surface area contributed by atoms with Crippen molar-refractivity contribution < 1.29 is 9.90 Å². The summed E-state index contributed by atoms with van der Waals surface area (Å²) >= 11 is 0. The van der Waals surface area contributed by atoms with Gasteiger partial charge in [0.15, 0.2) is 0 Å². The molecule has 5 nitrogen and oxygen atoms in total. The molecular formula is C4H4N3O2+. The van der Waals surface area contributed by atoms with Gasteiger partial charge in [-0.1, -0.05) is 0 Å². The fourth-order valence-electron chi connectivity index (χ4n) is 0.421. The number of nitrogens with one attached hydrogen (secondary N) is 1. The van der Waals surface area contributed by atoms with E-state index in [9.17, 15) is 4.79 Å². The summed E-state index contributed by atoms with van der Waals surface area (Å²) in [6.45, 7) is 0. The third-order valence-electron chi connectivity index (χ3n) is 0.800. The molecule has 46 valence electrons. The van der Waals surface area contributed by atoms with Crippen LogP contribution in [-0.4, -0.2) is 17.4 Å². The summed E-state index contributed by atoms with van der Waals surface area (Å²) in [5.41, 5.74) is 4.57. The molecule has 0 bridgehead atoms. The molecule has 1 aliphatic rings. The van der Waals surface area contributed by atoms with E-state index in [2.05, 4.69) is 16.6 Å². The number of rotatable bonds is 1. The Balaban J connectivity index is 2.89. The van der Waals surface area contributed by atoms with Gasteiger partial charge in [-0.2, -0.15) is 0 Å². The highest BCUT2D eigenvalue weighted by atomic mass is 16.3. The third-order valence-corrected chi connectivity index (χ3v) is 0.800. The molecule has 0 spiro atoms.